The lowest BCUT2D eigenvalue weighted by atomic mass is 9.89. The van der Waals surface area contributed by atoms with Gasteiger partial charge in [-0.2, -0.15) is 0 Å². The van der Waals surface area contributed by atoms with E-state index in [1.54, 1.807) is 0 Å². The third-order valence-corrected chi connectivity index (χ3v) is 2.71. The molecule has 0 saturated carbocycles. The van der Waals surface area contributed by atoms with E-state index in [2.05, 4.69) is 4.90 Å². The fraction of sp³-hybridized carbons (Fsp3) is 0.778. The average molecular weight is 184 g/mol. The third kappa shape index (κ3) is 2.28. The number of amides is 1. The van der Waals surface area contributed by atoms with Crippen molar-refractivity contribution in [2.24, 2.45) is 11.1 Å². The molecule has 2 N–H and O–H groups in total. The lowest BCUT2D eigenvalue weighted by Crippen LogP contribution is -2.37. The number of hydrogen-bond acceptors (Lipinski definition) is 3. The first-order valence-corrected chi connectivity index (χ1v) is 4.54. The Labute approximate surface area is 78.1 Å². The summed E-state index contributed by atoms with van der Waals surface area (Å²) in [6, 6.07) is 0. The number of nitrogens with two attached hydrogens (primary N) is 1. The van der Waals surface area contributed by atoms with Gasteiger partial charge in [0.2, 0.25) is 5.91 Å². The molecule has 1 unspecified atom stereocenters. The van der Waals surface area contributed by atoms with Gasteiger partial charge in [0.15, 0.2) is 0 Å². The topological polar surface area (TPSA) is 63.4 Å². The molecule has 1 heterocycles. The predicted molar refractivity (Wildman–Crippen MR) is 49.0 cm³/mol. The van der Waals surface area contributed by atoms with E-state index < -0.39 is 0 Å². The van der Waals surface area contributed by atoms with Crippen LogP contribution in [-0.2, 0) is 9.59 Å². The van der Waals surface area contributed by atoms with Gasteiger partial charge < -0.3 is 15.4 Å². The monoisotopic (exact) mass is 184 g/mol. The maximum atomic E-state index is 11.1. The van der Waals surface area contributed by atoms with E-state index in [0.29, 0.717) is 13.0 Å². The summed E-state index contributed by atoms with van der Waals surface area (Å²) >= 11 is 0. The van der Waals surface area contributed by atoms with Crippen molar-refractivity contribution in [2.75, 3.05) is 19.6 Å². The van der Waals surface area contributed by atoms with Gasteiger partial charge in [-0.15, -0.1) is 0 Å². The largest absolute Gasteiger partial charge is 0.369 e. The number of aldehydes is 1. The molecule has 0 aliphatic carbocycles. The summed E-state index contributed by atoms with van der Waals surface area (Å²) in [4.78, 5) is 23.3. The molecule has 0 spiro atoms. The van der Waals surface area contributed by atoms with E-state index in [9.17, 15) is 9.59 Å². The van der Waals surface area contributed by atoms with Crippen LogP contribution in [-0.4, -0.2) is 36.7 Å². The molecule has 1 fully saturated rings. The highest BCUT2D eigenvalue weighted by molar-refractivity contribution is 5.81. The van der Waals surface area contributed by atoms with Gasteiger partial charge in [0.1, 0.15) is 6.29 Å². The molecule has 4 nitrogen and oxygen atoms in total. The number of carbonyl (C=O) groups is 2. The molecular formula is C9H16N2O2. The smallest absolute Gasteiger partial charge is 0.224 e. The summed E-state index contributed by atoms with van der Waals surface area (Å²) in [6.45, 7) is 4.19. The van der Waals surface area contributed by atoms with Crippen LogP contribution in [0.5, 0.6) is 0 Å². The van der Waals surface area contributed by atoms with Crippen molar-refractivity contribution in [2.45, 2.75) is 19.8 Å². The molecule has 1 atom stereocenters. The maximum Gasteiger partial charge on any atom is 0.224 e. The van der Waals surface area contributed by atoms with Crippen LogP contribution in [0.15, 0.2) is 0 Å². The molecule has 0 radical (unpaired) electrons. The quantitative estimate of drug-likeness (QED) is 0.614. The highest BCUT2D eigenvalue weighted by Crippen LogP contribution is 2.29. The minimum Gasteiger partial charge on any atom is -0.369 e. The molecule has 0 bridgehead atoms. The Morgan fingerprint density at radius 1 is 1.69 bits per heavy atom. The van der Waals surface area contributed by atoms with Gasteiger partial charge >= 0.3 is 0 Å². The van der Waals surface area contributed by atoms with Crippen molar-refractivity contribution in [1.29, 1.82) is 0 Å². The molecule has 0 aromatic heterocycles. The van der Waals surface area contributed by atoms with Crippen molar-refractivity contribution in [1.82, 2.24) is 4.90 Å². The zero-order valence-corrected chi connectivity index (χ0v) is 7.95. The Hall–Kier alpha value is -0.900. The second-order valence-electron chi connectivity index (χ2n) is 3.91. The third-order valence-electron chi connectivity index (χ3n) is 2.71. The number of likely N-dealkylation sites (tertiary alicyclic amines) is 1. The Morgan fingerprint density at radius 2 is 2.38 bits per heavy atom. The van der Waals surface area contributed by atoms with E-state index in [0.717, 1.165) is 25.8 Å². The molecule has 0 aromatic rings. The van der Waals surface area contributed by atoms with Crippen LogP contribution in [0, 0.1) is 5.41 Å². The lowest BCUT2D eigenvalue weighted by Gasteiger charge is -2.20. The molecule has 74 valence electrons. The Morgan fingerprint density at radius 3 is 2.85 bits per heavy atom. The van der Waals surface area contributed by atoms with E-state index in [4.69, 9.17) is 5.73 Å². The van der Waals surface area contributed by atoms with Gasteiger partial charge in [-0.25, -0.2) is 0 Å². The zero-order valence-electron chi connectivity index (χ0n) is 7.95. The number of nitrogens with zero attached hydrogens (tertiary/aromatic N) is 1. The normalized spacial score (nSPS) is 29.0. The van der Waals surface area contributed by atoms with Gasteiger partial charge in [0.25, 0.3) is 0 Å². The van der Waals surface area contributed by atoms with E-state index in [1.165, 1.54) is 0 Å². The van der Waals surface area contributed by atoms with Crippen molar-refractivity contribution >= 4 is 12.2 Å². The Kier molecular flexibility index (Phi) is 3.03. The molecule has 1 amide bonds. The highest BCUT2D eigenvalue weighted by Gasteiger charge is 2.38. The molecule has 13 heavy (non-hydrogen) atoms. The van der Waals surface area contributed by atoms with Crippen molar-refractivity contribution in [3.63, 3.8) is 0 Å². The summed E-state index contributed by atoms with van der Waals surface area (Å²) in [6.07, 6.45) is 2.25. The molecule has 1 aliphatic heterocycles. The first-order chi connectivity index (χ1) is 6.08. The van der Waals surface area contributed by atoms with Gasteiger partial charge in [-0.3, -0.25) is 4.79 Å². The van der Waals surface area contributed by atoms with Crippen LogP contribution in [0.4, 0.5) is 0 Å². The standard InChI is InChI=1S/C9H16N2O2/c1-9(8(10)13)3-5-11(7-9)4-2-6-12/h6H,2-5,7H2,1H3,(H2,10,13). The van der Waals surface area contributed by atoms with Crippen molar-refractivity contribution < 1.29 is 9.59 Å². The number of carbonyl (C=O) groups excluding carboxylic acids is 2. The minimum atomic E-state index is -0.386. The lowest BCUT2D eigenvalue weighted by molar-refractivity contribution is -0.126. The van der Waals surface area contributed by atoms with E-state index in [1.807, 2.05) is 6.92 Å². The van der Waals surface area contributed by atoms with E-state index >= 15 is 0 Å². The van der Waals surface area contributed by atoms with Crippen LogP contribution in [0.25, 0.3) is 0 Å². The Balaban J connectivity index is 2.43. The summed E-state index contributed by atoms with van der Waals surface area (Å²) in [5.41, 5.74) is 4.90. The second kappa shape index (κ2) is 3.87. The number of primary amides is 1. The number of hydrogen-bond donors (Lipinski definition) is 1. The fourth-order valence-corrected chi connectivity index (χ4v) is 1.68. The SMILES string of the molecule is CC1(C(N)=O)CCN(CCC=O)C1. The van der Waals surface area contributed by atoms with Crippen LogP contribution >= 0.6 is 0 Å². The molecule has 4 heteroatoms. The number of rotatable bonds is 4. The fourth-order valence-electron chi connectivity index (χ4n) is 1.68. The minimum absolute atomic E-state index is 0.235. The predicted octanol–water partition coefficient (Wildman–Crippen LogP) is -0.227. The van der Waals surface area contributed by atoms with Crippen LogP contribution in [0.3, 0.4) is 0 Å². The zero-order chi connectivity index (χ0) is 9.90. The summed E-state index contributed by atoms with van der Waals surface area (Å²) in [5.74, 6) is -0.235. The first-order valence-electron chi connectivity index (χ1n) is 4.54. The van der Waals surface area contributed by atoms with Gasteiger partial charge in [-0.1, -0.05) is 0 Å². The molecule has 1 rings (SSSR count). The molecule has 1 aliphatic rings. The van der Waals surface area contributed by atoms with Gasteiger partial charge in [0.05, 0.1) is 5.41 Å². The van der Waals surface area contributed by atoms with Crippen molar-refractivity contribution in [3.05, 3.63) is 0 Å². The van der Waals surface area contributed by atoms with Gasteiger partial charge in [-0.05, 0) is 19.9 Å². The van der Waals surface area contributed by atoms with Crippen LogP contribution < -0.4 is 5.73 Å². The van der Waals surface area contributed by atoms with E-state index in [-0.39, 0.29) is 11.3 Å². The van der Waals surface area contributed by atoms with Crippen molar-refractivity contribution in [3.8, 4) is 0 Å². The first kappa shape index (κ1) is 10.2. The molecule has 1 saturated heterocycles. The highest BCUT2D eigenvalue weighted by atomic mass is 16.1. The van der Waals surface area contributed by atoms with Crippen LogP contribution in [0.1, 0.15) is 19.8 Å². The Bertz CT molecular complexity index is 218. The molecular weight excluding hydrogens is 168 g/mol. The maximum absolute atomic E-state index is 11.1. The summed E-state index contributed by atoms with van der Waals surface area (Å²) < 4.78 is 0. The van der Waals surface area contributed by atoms with Gasteiger partial charge in [0, 0.05) is 19.5 Å². The second-order valence-corrected chi connectivity index (χ2v) is 3.91. The molecule has 0 aromatic carbocycles. The average Bonchev–Trinajstić information content (AvgIpc) is 2.45. The summed E-state index contributed by atoms with van der Waals surface area (Å²) in [5, 5.41) is 0. The van der Waals surface area contributed by atoms with Crippen LogP contribution in [0.2, 0.25) is 0 Å². The summed E-state index contributed by atoms with van der Waals surface area (Å²) in [7, 11) is 0.